The van der Waals surface area contributed by atoms with Gasteiger partial charge < -0.3 is 20.3 Å². The van der Waals surface area contributed by atoms with Gasteiger partial charge in [-0.15, -0.1) is 0 Å². The first-order valence-electron chi connectivity index (χ1n) is 14.7. The predicted molar refractivity (Wildman–Crippen MR) is 163 cm³/mol. The van der Waals surface area contributed by atoms with Crippen molar-refractivity contribution >= 4 is 29.7 Å². The van der Waals surface area contributed by atoms with E-state index in [9.17, 15) is 14.4 Å². The van der Waals surface area contributed by atoms with E-state index in [4.69, 9.17) is 4.74 Å². The number of hydrogen-bond donors (Lipinski definition) is 2. The van der Waals surface area contributed by atoms with Crippen molar-refractivity contribution in [1.29, 1.82) is 0 Å². The van der Waals surface area contributed by atoms with Gasteiger partial charge in [-0.05, 0) is 64.5 Å². The van der Waals surface area contributed by atoms with Crippen LogP contribution in [0.4, 0.5) is 4.79 Å². The molecule has 0 aliphatic rings. The number of aryl methyl sites for hydroxylation is 1. The van der Waals surface area contributed by atoms with Gasteiger partial charge in [0.15, 0.2) is 0 Å². The molecule has 1 aromatic rings. The number of amides is 3. The maximum atomic E-state index is 14.2. The van der Waals surface area contributed by atoms with E-state index < -0.39 is 23.8 Å². The van der Waals surface area contributed by atoms with Crippen LogP contribution in [-0.2, 0) is 14.3 Å². The molecule has 2 N–H and O–H groups in total. The number of nitrogens with one attached hydrogen (secondary N) is 2. The Hall–Kier alpha value is -2.22. The summed E-state index contributed by atoms with van der Waals surface area (Å²) in [5.74, 6) is 0.259. The second-order valence-electron chi connectivity index (χ2n) is 11.2. The van der Waals surface area contributed by atoms with Gasteiger partial charge in [-0.1, -0.05) is 82.2 Å². The van der Waals surface area contributed by atoms with E-state index in [1.54, 1.807) is 37.4 Å². The van der Waals surface area contributed by atoms with Gasteiger partial charge in [0.25, 0.3) is 0 Å². The lowest BCUT2D eigenvalue weighted by atomic mass is 9.99. The van der Waals surface area contributed by atoms with Gasteiger partial charge in [0.2, 0.25) is 11.8 Å². The normalized spacial score (nSPS) is 12.9. The second-order valence-corrected chi connectivity index (χ2v) is 12.2. The minimum atomic E-state index is -0.789. The summed E-state index contributed by atoms with van der Waals surface area (Å²) in [5, 5.41) is 5.91. The summed E-state index contributed by atoms with van der Waals surface area (Å²) in [6, 6.07) is 6.24. The standard InChI is InChI=1S/C31H53N3O4S/c1-8-10-12-13-15-21-34(29(36)26(19-22-39-7)33-30(37)38-31(4,5)6)27(25-18-16-17-24(3)23-25)28(35)32-20-14-11-9-2/h16-18,23,26-27H,8-15,19-22H2,1-7H3,(H,32,35)(H,33,37). The zero-order valence-corrected chi connectivity index (χ0v) is 26.3. The van der Waals surface area contributed by atoms with Crippen molar-refractivity contribution in [2.45, 2.75) is 117 Å². The minimum Gasteiger partial charge on any atom is -0.444 e. The fourth-order valence-corrected chi connectivity index (χ4v) is 4.86. The second kappa shape index (κ2) is 19.0. The van der Waals surface area contributed by atoms with Crippen LogP contribution in [0, 0.1) is 6.92 Å². The summed E-state index contributed by atoms with van der Waals surface area (Å²) in [4.78, 5) is 42.4. The summed E-state index contributed by atoms with van der Waals surface area (Å²) < 4.78 is 5.48. The number of rotatable bonds is 18. The van der Waals surface area contributed by atoms with Gasteiger partial charge in [-0.25, -0.2) is 4.79 Å². The molecule has 0 fully saturated rings. The Bertz CT molecular complexity index is 872. The Morgan fingerprint density at radius 1 is 1.00 bits per heavy atom. The molecule has 0 aliphatic carbocycles. The molecule has 7 nitrogen and oxygen atoms in total. The fraction of sp³-hybridized carbons (Fsp3) is 0.710. The van der Waals surface area contributed by atoms with Crippen LogP contribution >= 0.6 is 11.8 Å². The smallest absolute Gasteiger partial charge is 0.408 e. The lowest BCUT2D eigenvalue weighted by Crippen LogP contribution is -2.53. The SMILES string of the molecule is CCCCCCCN(C(=O)C(CCSC)NC(=O)OC(C)(C)C)C(C(=O)NCCCCC)c1cccc(C)c1. The third-order valence-corrected chi connectivity index (χ3v) is 7.03. The number of unbranched alkanes of at least 4 members (excludes halogenated alkanes) is 6. The highest BCUT2D eigenvalue weighted by Crippen LogP contribution is 2.25. The van der Waals surface area contributed by atoms with Gasteiger partial charge in [0.1, 0.15) is 17.7 Å². The van der Waals surface area contributed by atoms with Crippen LogP contribution < -0.4 is 10.6 Å². The average molecular weight is 564 g/mol. The Kier molecular flexibility index (Phi) is 16.9. The molecular weight excluding hydrogens is 510 g/mol. The molecule has 39 heavy (non-hydrogen) atoms. The summed E-state index contributed by atoms with van der Waals surface area (Å²) in [7, 11) is 0. The summed E-state index contributed by atoms with van der Waals surface area (Å²) in [5.41, 5.74) is 1.13. The number of alkyl carbamates (subject to hydrolysis) is 1. The highest BCUT2D eigenvalue weighted by molar-refractivity contribution is 7.98. The molecule has 0 aliphatic heterocycles. The molecule has 0 radical (unpaired) electrons. The first kappa shape index (κ1) is 34.8. The highest BCUT2D eigenvalue weighted by Gasteiger charge is 2.35. The number of ether oxygens (including phenoxy) is 1. The van der Waals surface area contributed by atoms with Crippen LogP contribution in [0.1, 0.15) is 110 Å². The molecule has 0 heterocycles. The number of nitrogens with zero attached hydrogens (tertiary/aromatic N) is 1. The van der Waals surface area contributed by atoms with E-state index in [1.807, 2.05) is 37.4 Å². The Morgan fingerprint density at radius 2 is 1.67 bits per heavy atom. The van der Waals surface area contributed by atoms with E-state index in [0.717, 1.165) is 62.5 Å². The van der Waals surface area contributed by atoms with Crippen molar-refractivity contribution in [1.82, 2.24) is 15.5 Å². The number of hydrogen-bond acceptors (Lipinski definition) is 5. The van der Waals surface area contributed by atoms with Crippen molar-refractivity contribution < 1.29 is 19.1 Å². The summed E-state index contributed by atoms with van der Waals surface area (Å²) >= 11 is 1.61. The molecule has 0 saturated heterocycles. The molecule has 2 atom stereocenters. The van der Waals surface area contributed by atoms with E-state index in [-0.39, 0.29) is 11.8 Å². The summed E-state index contributed by atoms with van der Waals surface area (Å²) in [6.45, 7) is 12.7. The van der Waals surface area contributed by atoms with Crippen molar-refractivity contribution in [3.8, 4) is 0 Å². The number of thioether (sulfide) groups is 1. The maximum absolute atomic E-state index is 14.2. The molecular formula is C31H53N3O4S. The molecule has 3 amide bonds. The van der Waals surface area contributed by atoms with E-state index in [0.29, 0.717) is 25.3 Å². The van der Waals surface area contributed by atoms with Crippen LogP contribution in [0.15, 0.2) is 24.3 Å². The summed E-state index contributed by atoms with van der Waals surface area (Å²) in [6.07, 6.45) is 9.91. The van der Waals surface area contributed by atoms with Crippen molar-refractivity contribution in [3.05, 3.63) is 35.4 Å². The third kappa shape index (κ3) is 14.1. The molecule has 1 aromatic carbocycles. The van der Waals surface area contributed by atoms with Gasteiger partial charge in [-0.3, -0.25) is 9.59 Å². The molecule has 0 bridgehead atoms. The highest BCUT2D eigenvalue weighted by atomic mass is 32.2. The predicted octanol–water partition coefficient (Wildman–Crippen LogP) is 6.79. The van der Waals surface area contributed by atoms with E-state index in [1.165, 1.54) is 0 Å². The number of carbonyl (C=O) groups excluding carboxylic acids is 3. The molecule has 0 aromatic heterocycles. The zero-order valence-electron chi connectivity index (χ0n) is 25.4. The van der Waals surface area contributed by atoms with Crippen LogP contribution in [0.3, 0.4) is 0 Å². The molecule has 1 rings (SSSR count). The maximum Gasteiger partial charge on any atom is 0.408 e. The lowest BCUT2D eigenvalue weighted by Gasteiger charge is -2.35. The molecule has 222 valence electrons. The first-order valence-corrected chi connectivity index (χ1v) is 16.1. The third-order valence-electron chi connectivity index (χ3n) is 6.38. The number of benzene rings is 1. The zero-order chi connectivity index (χ0) is 29.3. The van der Waals surface area contributed by atoms with Crippen molar-refractivity contribution in [2.24, 2.45) is 0 Å². The van der Waals surface area contributed by atoms with Crippen molar-refractivity contribution in [2.75, 3.05) is 25.1 Å². The van der Waals surface area contributed by atoms with Gasteiger partial charge in [-0.2, -0.15) is 11.8 Å². The monoisotopic (exact) mass is 563 g/mol. The van der Waals surface area contributed by atoms with Gasteiger partial charge in [0.05, 0.1) is 0 Å². The lowest BCUT2D eigenvalue weighted by molar-refractivity contribution is -0.142. The minimum absolute atomic E-state index is 0.181. The largest absolute Gasteiger partial charge is 0.444 e. The topological polar surface area (TPSA) is 87.7 Å². The quantitative estimate of drug-likeness (QED) is 0.192. The Balaban J connectivity index is 3.39. The van der Waals surface area contributed by atoms with Crippen LogP contribution in [0.25, 0.3) is 0 Å². The van der Waals surface area contributed by atoms with E-state index >= 15 is 0 Å². The van der Waals surface area contributed by atoms with Crippen LogP contribution in [0.5, 0.6) is 0 Å². The van der Waals surface area contributed by atoms with Crippen molar-refractivity contribution in [3.63, 3.8) is 0 Å². The molecule has 8 heteroatoms. The fourth-order valence-electron chi connectivity index (χ4n) is 4.39. The van der Waals surface area contributed by atoms with Crippen LogP contribution in [-0.4, -0.2) is 59.5 Å². The Labute approximate surface area is 241 Å². The average Bonchev–Trinajstić information content (AvgIpc) is 2.86. The molecule has 0 saturated carbocycles. The Morgan fingerprint density at radius 3 is 2.28 bits per heavy atom. The van der Waals surface area contributed by atoms with Gasteiger partial charge >= 0.3 is 6.09 Å². The van der Waals surface area contributed by atoms with Crippen LogP contribution in [0.2, 0.25) is 0 Å². The number of carbonyl (C=O) groups is 3. The van der Waals surface area contributed by atoms with Gasteiger partial charge in [0, 0.05) is 13.1 Å². The first-order chi connectivity index (χ1) is 18.5. The van der Waals surface area contributed by atoms with E-state index in [2.05, 4.69) is 24.5 Å². The molecule has 0 spiro atoms. The molecule has 2 unspecified atom stereocenters.